The van der Waals surface area contributed by atoms with E-state index in [4.69, 9.17) is 9.47 Å². The van der Waals surface area contributed by atoms with Gasteiger partial charge in [-0.3, -0.25) is 0 Å². The molecule has 2 aliphatic heterocycles. The van der Waals surface area contributed by atoms with Gasteiger partial charge in [-0.1, -0.05) is 0 Å². The summed E-state index contributed by atoms with van der Waals surface area (Å²) >= 11 is 0. The highest BCUT2D eigenvalue weighted by Gasteiger charge is 2.08. The number of allylic oxidation sites excluding steroid dienone is 2. The van der Waals surface area contributed by atoms with Crippen molar-refractivity contribution in [2.75, 3.05) is 0 Å². The van der Waals surface area contributed by atoms with E-state index < -0.39 is 0 Å². The summed E-state index contributed by atoms with van der Waals surface area (Å²) in [4.78, 5) is 8.51. The highest BCUT2D eigenvalue weighted by molar-refractivity contribution is 5.44. The predicted molar refractivity (Wildman–Crippen MR) is 49.7 cm³/mol. The van der Waals surface area contributed by atoms with Gasteiger partial charge in [0.1, 0.15) is 10.7 Å². The van der Waals surface area contributed by atoms with Gasteiger partial charge in [-0.25, -0.2) is 9.97 Å². The average molecular weight is 186 g/mol. The van der Waals surface area contributed by atoms with Crippen LogP contribution in [0.2, 0.25) is 0 Å². The Balaban J connectivity index is 2.35. The fourth-order valence-electron chi connectivity index (χ4n) is 1.29. The van der Waals surface area contributed by atoms with Crippen LogP contribution in [0.4, 0.5) is 0 Å². The quantitative estimate of drug-likeness (QED) is 0.565. The molecule has 0 aliphatic carbocycles. The number of aromatic nitrogens is 2. The SMILES string of the molecule is C1=COc2nc3c(nc2=C1)OC=CC=3. The van der Waals surface area contributed by atoms with E-state index in [-0.39, 0.29) is 0 Å². The maximum Gasteiger partial charge on any atom is 0.245 e. The number of ether oxygens (including phenoxy) is 2. The Hall–Kier alpha value is -2.10. The fraction of sp³-hybridized carbons (Fsp3) is 0. The largest absolute Gasteiger partial charge is 0.445 e. The molecule has 0 unspecified atom stereocenters. The molecule has 3 heterocycles. The first-order chi connectivity index (χ1) is 6.93. The molecule has 4 nitrogen and oxygen atoms in total. The van der Waals surface area contributed by atoms with E-state index in [0.717, 1.165) is 0 Å². The van der Waals surface area contributed by atoms with Crippen LogP contribution in [-0.2, 0) is 0 Å². The summed E-state index contributed by atoms with van der Waals surface area (Å²) in [6.07, 6.45) is 10.3. The first kappa shape index (κ1) is 7.32. The van der Waals surface area contributed by atoms with Crippen LogP contribution in [0.5, 0.6) is 11.8 Å². The average Bonchev–Trinajstić information content (AvgIpc) is 2.26. The van der Waals surface area contributed by atoms with Gasteiger partial charge in [-0.2, -0.15) is 0 Å². The molecular weight excluding hydrogens is 180 g/mol. The van der Waals surface area contributed by atoms with Gasteiger partial charge in [0, 0.05) is 0 Å². The summed E-state index contributed by atoms with van der Waals surface area (Å²) in [6, 6.07) is 0. The van der Waals surface area contributed by atoms with E-state index in [0.29, 0.717) is 22.5 Å². The molecule has 0 atom stereocenters. The summed E-state index contributed by atoms with van der Waals surface area (Å²) in [6.45, 7) is 0. The van der Waals surface area contributed by atoms with E-state index in [1.807, 2.05) is 12.2 Å². The molecule has 0 N–H and O–H groups in total. The van der Waals surface area contributed by atoms with Crippen molar-refractivity contribution in [1.82, 2.24) is 9.97 Å². The maximum atomic E-state index is 5.20. The standard InChI is InChI=1S/C10H6N2O2/c1-3-7-9(13-5-1)12-8-4-2-6-14-10(8)11-7/h1-6H. The Morgan fingerprint density at radius 1 is 0.786 bits per heavy atom. The zero-order valence-corrected chi connectivity index (χ0v) is 7.18. The summed E-state index contributed by atoms with van der Waals surface area (Å²) < 4.78 is 10.4. The molecule has 3 rings (SSSR count). The molecule has 0 radical (unpaired) electrons. The van der Waals surface area contributed by atoms with Crippen LogP contribution in [0, 0.1) is 0 Å². The van der Waals surface area contributed by atoms with Gasteiger partial charge in [-0.05, 0) is 24.3 Å². The van der Waals surface area contributed by atoms with Crippen molar-refractivity contribution in [1.29, 1.82) is 0 Å². The molecule has 1 aromatic heterocycles. The number of hydrogen-bond acceptors (Lipinski definition) is 4. The minimum atomic E-state index is 0.515. The minimum absolute atomic E-state index is 0.515. The molecular formula is C10H6N2O2. The Labute approximate surface area is 79.5 Å². The lowest BCUT2D eigenvalue weighted by atomic mass is 10.4. The topological polar surface area (TPSA) is 44.2 Å². The van der Waals surface area contributed by atoms with E-state index in [9.17, 15) is 0 Å². The van der Waals surface area contributed by atoms with Crippen molar-refractivity contribution in [2.24, 2.45) is 0 Å². The molecule has 68 valence electrons. The van der Waals surface area contributed by atoms with Crippen LogP contribution in [0.25, 0.3) is 12.2 Å². The van der Waals surface area contributed by atoms with Crippen molar-refractivity contribution in [3.05, 3.63) is 35.4 Å². The van der Waals surface area contributed by atoms with E-state index in [1.54, 1.807) is 24.7 Å². The van der Waals surface area contributed by atoms with E-state index in [1.165, 1.54) is 0 Å². The number of hydrogen-bond donors (Lipinski definition) is 0. The molecule has 0 spiro atoms. The van der Waals surface area contributed by atoms with Gasteiger partial charge in [-0.15, -0.1) is 0 Å². The Kier molecular flexibility index (Phi) is 1.41. The zero-order valence-electron chi connectivity index (χ0n) is 7.18. The third-order valence-electron chi connectivity index (χ3n) is 1.91. The molecule has 0 saturated carbocycles. The van der Waals surface area contributed by atoms with Gasteiger partial charge in [0.2, 0.25) is 11.8 Å². The molecule has 1 aromatic rings. The predicted octanol–water partition coefficient (Wildman–Crippen LogP) is -0.150. The first-order valence-corrected chi connectivity index (χ1v) is 4.18. The number of nitrogens with zero attached hydrogens (tertiary/aromatic N) is 2. The van der Waals surface area contributed by atoms with Crippen LogP contribution in [0.3, 0.4) is 0 Å². The molecule has 0 amide bonds. The third kappa shape index (κ3) is 1.01. The molecule has 4 heteroatoms. The first-order valence-electron chi connectivity index (χ1n) is 4.18. The second kappa shape index (κ2) is 2.70. The Morgan fingerprint density at radius 3 is 1.79 bits per heavy atom. The van der Waals surface area contributed by atoms with Crippen LogP contribution >= 0.6 is 0 Å². The van der Waals surface area contributed by atoms with Gasteiger partial charge in [0.05, 0.1) is 12.5 Å². The number of fused-ring (bicyclic) bond motifs is 2. The fourth-order valence-corrected chi connectivity index (χ4v) is 1.29. The van der Waals surface area contributed by atoms with Crippen molar-refractivity contribution in [3.8, 4) is 11.8 Å². The molecule has 0 aromatic carbocycles. The summed E-state index contributed by atoms with van der Waals surface area (Å²) in [5, 5.41) is 1.38. The maximum absolute atomic E-state index is 5.20. The van der Waals surface area contributed by atoms with Crippen molar-refractivity contribution in [2.45, 2.75) is 0 Å². The van der Waals surface area contributed by atoms with Gasteiger partial charge in [0.15, 0.2) is 0 Å². The molecule has 0 fully saturated rings. The highest BCUT2D eigenvalue weighted by Crippen LogP contribution is 2.05. The second-order valence-corrected chi connectivity index (χ2v) is 2.83. The number of rotatable bonds is 0. The minimum Gasteiger partial charge on any atom is -0.445 e. The lowest BCUT2D eigenvalue weighted by Gasteiger charge is -2.07. The molecule has 14 heavy (non-hydrogen) atoms. The van der Waals surface area contributed by atoms with Crippen LogP contribution in [-0.4, -0.2) is 9.97 Å². The Bertz CT molecular complexity index is 506. The van der Waals surface area contributed by atoms with Crippen molar-refractivity contribution < 1.29 is 9.47 Å². The lowest BCUT2D eigenvalue weighted by Crippen LogP contribution is -2.25. The van der Waals surface area contributed by atoms with Gasteiger partial charge < -0.3 is 9.47 Å². The molecule has 0 saturated heterocycles. The van der Waals surface area contributed by atoms with Gasteiger partial charge in [0.25, 0.3) is 0 Å². The summed E-state index contributed by atoms with van der Waals surface area (Å²) in [5.74, 6) is 1.03. The second-order valence-electron chi connectivity index (χ2n) is 2.83. The van der Waals surface area contributed by atoms with Crippen molar-refractivity contribution in [3.63, 3.8) is 0 Å². The van der Waals surface area contributed by atoms with Crippen molar-refractivity contribution >= 4 is 12.2 Å². The zero-order chi connectivity index (χ0) is 9.38. The normalized spacial score (nSPS) is 15.4. The Morgan fingerprint density at radius 2 is 1.29 bits per heavy atom. The summed E-state index contributed by atoms with van der Waals surface area (Å²) in [7, 11) is 0. The molecule has 0 bridgehead atoms. The molecule has 2 aliphatic rings. The third-order valence-corrected chi connectivity index (χ3v) is 1.91. The van der Waals surface area contributed by atoms with Crippen LogP contribution in [0.15, 0.2) is 24.7 Å². The van der Waals surface area contributed by atoms with E-state index in [2.05, 4.69) is 9.97 Å². The lowest BCUT2D eigenvalue weighted by molar-refractivity contribution is 0.419. The van der Waals surface area contributed by atoms with E-state index >= 15 is 0 Å². The monoisotopic (exact) mass is 186 g/mol. The van der Waals surface area contributed by atoms with Crippen LogP contribution < -0.4 is 20.2 Å². The summed E-state index contributed by atoms with van der Waals surface area (Å²) in [5.41, 5.74) is 0. The van der Waals surface area contributed by atoms with Crippen LogP contribution in [0.1, 0.15) is 0 Å². The highest BCUT2D eigenvalue weighted by atomic mass is 16.5. The smallest absolute Gasteiger partial charge is 0.245 e. The van der Waals surface area contributed by atoms with Gasteiger partial charge >= 0.3 is 0 Å².